The van der Waals surface area contributed by atoms with E-state index in [1.54, 1.807) is 12.1 Å². The summed E-state index contributed by atoms with van der Waals surface area (Å²) >= 11 is 0. The predicted molar refractivity (Wildman–Crippen MR) is 66.3 cm³/mol. The molecule has 0 radical (unpaired) electrons. The molecule has 0 atom stereocenters. The molecule has 0 spiro atoms. The van der Waals surface area contributed by atoms with Crippen molar-refractivity contribution < 1.29 is 5.11 Å². The molecule has 0 saturated carbocycles. The minimum atomic E-state index is 0.329. The molecule has 0 heterocycles. The predicted octanol–water partition coefficient (Wildman–Crippen LogP) is 3.05. The van der Waals surface area contributed by atoms with Crippen LogP contribution in [-0.4, -0.2) is 29.6 Å². The fourth-order valence-electron chi connectivity index (χ4n) is 1.22. The molecule has 0 aliphatic carbocycles. The van der Waals surface area contributed by atoms with Gasteiger partial charge in [0.15, 0.2) is 0 Å². The summed E-state index contributed by atoms with van der Waals surface area (Å²) in [4.78, 5) is 2.38. The minimum absolute atomic E-state index is 0.329. The van der Waals surface area contributed by atoms with Gasteiger partial charge in [-0.1, -0.05) is 38.5 Å². The number of phenols is 1. The smallest absolute Gasteiger partial charge is 0.115 e. The van der Waals surface area contributed by atoms with Gasteiger partial charge in [-0.25, -0.2) is 0 Å². The molecule has 0 aliphatic rings. The van der Waals surface area contributed by atoms with Crippen LogP contribution in [0.1, 0.15) is 26.3 Å². The van der Waals surface area contributed by atoms with Crippen molar-refractivity contribution in [2.45, 2.75) is 27.7 Å². The third-order valence-corrected chi connectivity index (χ3v) is 2.38. The average molecular weight is 209 g/mol. The number of aryl methyl sites for hydroxylation is 1. The van der Waals surface area contributed by atoms with Crippen molar-refractivity contribution in [3.63, 3.8) is 0 Å². The van der Waals surface area contributed by atoms with Crippen LogP contribution in [-0.2, 0) is 0 Å². The Morgan fingerprint density at radius 1 is 0.933 bits per heavy atom. The summed E-state index contributed by atoms with van der Waals surface area (Å²) in [5.41, 5.74) is 1.17. The molecular formula is C13H23NO. The molecule has 1 aromatic rings. The molecule has 15 heavy (non-hydrogen) atoms. The second kappa shape index (κ2) is 8.30. The van der Waals surface area contributed by atoms with Crippen LogP contribution in [0.2, 0.25) is 0 Å². The third kappa shape index (κ3) is 6.97. The zero-order chi connectivity index (χ0) is 11.7. The van der Waals surface area contributed by atoms with E-state index in [1.165, 1.54) is 25.2 Å². The summed E-state index contributed by atoms with van der Waals surface area (Å²) in [7, 11) is 0. The van der Waals surface area contributed by atoms with Crippen molar-refractivity contribution in [3.05, 3.63) is 29.8 Å². The molecule has 1 aromatic carbocycles. The summed E-state index contributed by atoms with van der Waals surface area (Å²) in [5, 5.41) is 8.76. The van der Waals surface area contributed by atoms with Gasteiger partial charge in [0.05, 0.1) is 0 Å². The van der Waals surface area contributed by atoms with E-state index in [-0.39, 0.29) is 0 Å². The van der Waals surface area contributed by atoms with Crippen molar-refractivity contribution in [2.24, 2.45) is 0 Å². The number of phenolic OH excluding ortho intramolecular Hbond substituents is 1. The quantitative estimate of drug-likeness (QED) is 0.827. The molecule has 86 valence electrons. The van der Waals surface area contributed by atoms with Crippen molar-refractivity contribution in [2.75, 3.05) is 19.6 Å². The molecule has 2 heteroatoms. The van der Waals surface area contributed by atoms with E-state index in [0.29, 0.717) is 5.75 Å². The Kier molecular flexibility index (Phi) is 7.74. The molecule has 0 bridgehead atoms. The normalized spacial score (nSPS) is 9.67. The molecule has 0 saturated heterocycles. The first-order valence-electron chi connectivity index (χ1n) is 5.61. The van der Waals surface area contributed by atoms with Gasteiger partial charge in [0.1, 0.15) is 5.75 Å². The summed E-state index contributed by atoms with van der Waals surface area (Å²) < 4.78 is 0. The van der Waals surface area contributed by atoms with E-state index < -0.39 is 0 Å². The zero-order valence-corrected chi connectivity index (χ0v) is 10.3. The highest BCUT2D eigenvalue weighted by molar-refractivity contribution is 5.24. The van der Waals surface area contributed by atoms with E-state index >= 15 is 0 Å². The van der Waals surface area contributed by atoms with Crippen LogP contribution in [0.25, 0.3) is 0 Å². The second-order valence-electron chi connectivity index (χ2n) is 3.46. The molecule has 1 rings (SSSR count). The molecule has 0 unspecified atom stereocenters. The Morgan fingerprint density at radius 3 is 1.53 bits per heavy atom. The minimum Gasteiger partial charge on any atom is -0.508 e. The first-order valence-corrected chi connectivity index (χ1v) is 5.61. The second-order valence-corrected chi connectivity index (χ2v) is 3.46. The lowest BCUT2D eigenvalue weighted by molar-refractivity contribution is 0.321. The number of rotatable bonds is 3. The van der Waals surface area contributed by atoms with E-state index in [9.17, 15) is 0 Å². The van der Waals surface area contributed by atoms with Gasteiger partial charge >= 0.3 is 0 Å². The van der Waals surface area contributed by atoms with Gasteiger partial charge < -0.3 is 10.0 Å². The molecule has 0 fully saturated rings. The van der Waals surface area contributed by atoms with Gasteiger partial charge in [-0.05, 0) is 38.7 Å². The van der Waals surface area contributed by atoms with Crippen LogP contribution < -0.4 is 0 Å². The lowest BCUT2D eigenvalue weighted by Crippen LogP contribution is -2.21. The van der Waals surface area contributed by atoms with Crippen LogP contribution in [0.4, 0.5) is 0 Å². The number of aromatic hydroxyl groups is 1. The maximum atomic E-state index is 8.76. The molecule has 0 amide bonds. The fourth-order valence-corrected chi connectivity index (χ4v) is 1.22. The monoisotopic (exact) mass is 209 g/mol. The zero-order valence-electron chi connectivity index (χ0n) is 10.3. The van der Waals surface area contributed by atoms with Gasteiger partial charge in [0.25, 0.3) is 0 Å². The number of hydrogen-bond acceptors (Lipinski definition) is 2. The van der Waals surface area contributed by atoms with Crippen molar-refractivity contribution in [3.8, 4) is 5.75 Å². The standard InChI is InChI=1S/C7H8O.C6H15N/c1-6-2-4-7(8)5-3-6;1-4-7(5-2)6-3/h2-5,8H,1H3;4-6H2,1-3H3. The van der Waals surface area contributed by atoms with Crippen LogP contribution in [0.5, 0.6) is 5.75 Å². The molecule has 1 N–H and O–H groups in total. The van der Waals surface area contributed by atoms with E-state index in [4.69, 9.17) is 5.11 Å². The SMILES string of the molecule is CCN(CC)CC.Cc1ccc(O)cc1. The number of benzene rings is 1. The molecule has 2 nitrogen and oxygen atoms in total. The Labute approximate surface area is 93.5 Å². The van der Waals surface area contributed by atoms with Gasteiger partial charge in [-0.3, -0.25) is 0 Å². The summed E-state index contributed by atoms with van der Waals surface area (Å²) in [6.45, 7) is 12.1. The van der Waals surface area contributed by atoms with E-state index in [2.05, 4.69) is 25.7 Å². The molecule has 0 aromatic heterocycles. The number of hydrogen-bond donors (Lipinski definition) is 1. The maximum absolute atomic E-state index is 8.76. The van der Waals surface area contributed by atoms with Gasteiger partial charge in [0.2, 0.25) is 0 Å². The number of nitrogens with zero attached hydrogens (tertiary/aromatic N) is 1. The molecular weight excluding hydrogens is 186 g/mol. The van der Waals surface area contributed by atoms with Crippen LogP contribution >= 0.6 is 0 Å². The summed E-state index contributed by atoms with van der Waals surface area (Å²) in [6.07, 6.45) is 0. The van der Waals surface area contributed by atoms with E-state index in [1.807, 2.05) is 19.1 Å². The molecule has 0 aliphatic heterocycles. The third-order valence-electron chi connectivity index (χ3n) is 2.38. The van der Waals surface area contributed by atoms with Crippen LogP contribution in [0, 0.1) is 6.92 Å². The summed E-state index contributed by atoms with van der Waals surface area (Å²) in [5.74, 6) is 0.329. The largest absolute Gasteiger partial charge is 0.508 e. The van der Waals surface area contributed by atoms with Gasteiger partial charge in [0, 0.05) is 0 Å². The maximum Gasteiger partial charge on any atom is 0.115 e. The van der Waals surface area contributed by atoms with E-state index in [0.717, 1.165) is 0 Å². The first kappa shape index (κ1) is 14.0. The lowest BCUT2D eigenvalue weighted by atomic mass is 10.2. The highest BCUT2D eigenvalue weighted by atomic mass is 16.3. The van der Waals surface area contributed by atoms with Gasteiger partial charge in [-0.15, -0.1) is 0 Å². The fraction of sp³-hybridized carbons (Fsp3) is 0.538. The van der Waals surface area contributed by atoms with Crippen molar-refractivity contribution >= 4 is 0 Å². The Bertz CT molecular complexity index is 213. The highest BCUT2D eigenvalue weighted by Crippen LogP contribution is 2.07. The lowest BCUT2D eigenvalue weighted by Gasteiger charge is -2.13. The van der Waals surface area contributed by atoms with Gasteiger partial charge in [-0.2, -0.15) is 0 Å². The Morgan fingerprint density at radius 2 is 1.33 bits per heavy atom. The topological polar surface area (TPSA) is 23.5 Å². The van der Waals surface area contributed by atoms with Crippen molar-refractivity contribution in [1.82, 2.24) is 4.90 Å². The first-order chi connectivity index (χ1) is 7.13. The van der Waals surface area contributed by atoms with Crippen LogP contribution in [0.15, 0.2) is 24.3 Å². The average Bonchev–Trinajstić information content (AvgIpc) is 2.26. The van der Waals surface area contributed by atoms with Crippen molar-refractivity contribution in [1.29, 1.82) is 0 Å². The Balaban J connectivity index is 0.000000265. The van der Waals surface area contributed by atoms with Crippen LogP contribution in [0.3, 0.4) is 0 Å². The summed E-state index contributed by atoms with van der Waals surface area (Å²) in [6, 6.07) is 7.09. The highest BCUT2D eigenvalue weighted by Gasteiger charge is 1.89. The Hall–Kier alpha value is -1.02.